The van der Waals surface area contributed by atoms with Gasteiger partial charge in [0.05, 0.1) is 4.47 Å². The molecular formula is C18H15BrClFN2. The van der Waals surface area contributed by atoms with E-state index in [-0.39, 0.29) is 5.82 Å². The molecule has 2 aromatic carbocycles. The maximum Gasteiger partial charge on any atom is 0.137 e. The molecule has 0 saturated heterocycles. The lowest BCUT2D eigenvalue weighted by atomic mass is 10.1. The molecule has 0 aliphatic rings. The fraction of sp³-hybridized carbons (Fsp3) is 0.167. The van der Waals surface area contributed by atoms with E-state index >= 15 is 0 Å². The standard InChI is InChI=1S/C18H15BrClFN2/c19-16-11-14(3-7-17(16)21)12-23-10-9-22-18(23)8-4-13-1-5-15(20)6-2-13/h1-3,5-7,9-11H,4,8,12H2. The SMILES string of the molecule is Fc1ccc(Cn2ccnc2CCc2ccc(Cl)cc2)cc1Br. The molecule has 3 rings (SSSR count). The third-order valence-electron chi connectivity index (χ3n) is 3.69. The summed E-state index contributed by atoms with van der Waals surface area (Å²) in [7, 11) is 0. The van der Waals surface area contributed by atoms with Crippen molar-refractivity contribution in [3.8, 4) is 0 Å². The van der Waals surface area contributed by atoms with Gasteiger partial charge in [0.15, 0.2) is 0 Å². The Labute approximate surface area is 148 Å². The van der Waals surface area contributed by atoms with Gasteiger partial charge >= 0.3 is 0 Å². The van der Waals surface area contributed by atoms with Crippen LogP contribution in [0.5, 0.6) is 0 Å². The molecule has 0 saturated carbocycles. The van der Waals surface area contributed by atoms with Crippen LogP contribution in [-0.4, -0.2) is 9.55 Å². The molecule has 0 aliphatic heterocycles. The van der Waals surface area contributed by atoms with Crippen LogP contribution in [0.3, 0.4) is 0 Å². The van der Waals surface area contributed by atoms with E-state index in [0.717, 1.165) is 29.3 Å². The van der Waals surface area contributed by atoms with E-state index in [1.807, 2.05) is 30.5 Å². The van der Waals surface area contributed by atoms with Crippen molar-refractivity contribution < 1.29 is 4.39 Å². The van der Waals surface area contributed by atoms with Gasteiger partial charge in [-0.2, -0.15) is 0 Å². The zero-order valence-corrected chi connectivity index (χ0v) is 14.7. The Bertz CT molecular complexity index is 799. The van der Waals surface area contributed by atoms with Crippen molar-refractivity contribution in [3.05, 3.63) is 87.1 Å². The Balaban J connectivity index is 1.69. The number of aryl methyl sites for hydroxylation is 2. The second kappa shape index (κ2) is 7.28. The van der Waals surface area contributed by atoms with Gasteiger partial charge in [0.2, 0.25) is 0 Å². The van der Waals surface area contributed by atoms with Crippen molar-refractivity contribution in [1.82, 2.24) is 9.55 Å². The summed E-state index contributed by atoms with van der Waals surface area (Å²) in [6.45, 7) is 0.675. The predicted octanol–water partition coefficient (Wildman–Crippen LogP) is 5.27. The number of halogens is 3. The first kappa shape index (κ1) is 16.2. The van der Waals surface area contributed by atoms with Gasteiger partial charge in [-0.1, -0.05) is 29.8 Å². The lowest BCUT2D eigenvalue weighted by molar-refractivity contribution is 0.619. The van der Waals surface area contributed by atoms with Crippen LogP contribution >= 0.6 is 27.5 Å². The molecule has 118 valence electrons. The predicted molar refractivity (Wildman–Crippen MR) is 94.3 cm³/mol. The molecule has 2 nitrogen and oxygen atoms in total. The smallest absolute Gasteiger partial charge is 0.137 e. The summed E-state index contributed by atoms with van der Waals surface area (Å²) in [5.41, 5.74) is 2.26. The minimum Gasteiger partial charge on any atom is -0.331 e. The Morgan fingerprint density at radius 2 is 1.78 bits per heavy atom. The molecule has 5 heteroatoms. The molecule has 0 spiro atoms. The lowest BCUT2D eigenvalue weighted by Gasteiger charge is -2.09. The largest absolute Gasteiger partial charge is 0.331 e. The van der Waals surface area contributed by atoms with Crippen molar-refractivity contribution in [3.63, 3.8) is 0 Å². The Kier molecular flexibility index (Phi) is 5.13. The summed E-state index contributed by atoms with van der Waals surface area (Å²) >= 11 is 9.13. The molecular weight excluding hydrogens is 379 g/mol. The van der Waals surface area contributed by atoms with Crippen LogP contribution in [0.4, 0.5) is 4.39 Å². The first-order valence-electron chi connectivity index (χ1n) is 7.30. The second-order valence-electron chi connectivity index (χ2n) is 5.35. The van der Waals surface area contributed by atoms with Gasteiger partial charge in [0.1, 0.15) is 11.6 Å². The number of imidazole rings is 1. The first-order valence-corrected chi connectivity index (χ1v) is 8.47. The average molecular weight is 394 g/mol. The van der Waals surface area contributed by atoms with Crippen LogP contribution in [0.15, 0.2) is 59.3 Å². The highest BCUT2D eigenvalue weighted by atomic mass is 79.9. The van der Waals surface area contributed by atoms with Crippen LogP contribution in [0.25, 0.3) is 0 Å². The van der Waals surface area contributed by atoms with Crippen molar-refractivity contribution in [2.75, 3.05) is 0 Å². The molecule has 0 fully saturated rings. The van der Waals surface area contributed by atoms with Gasteiger partial charge in [-0.25, -0.2) is 9.37 Å². The van der Waals surface area contributed by atoms with Gasteiger partial charge in [-0.15, -0.1) is 0 Å². The highest BCUT2D eigenvalue weighted by Crippen LogP contribution is 2.18. The van der Waals surface area contributed by atoms with E-state index in [0.29, 0.717) is 11.0 Å². The zero-order chi connectivity index (χ0) is 16.2. The van der Waals surface area contributed by atoms with Crippen LogP contribution in [0.1, 0.15) is 17.0 Å². The van der Waals surface area contributed by atoms with Crippen molar-refractivity contribution in [2.45, 2.75) is 19.4 Å². The number of aromatic nitrogens is 2. The van der Waals surface area contributed by atoms with Gasteiger partial charge in [-0.05, 0) is 57.7 Å². The number of nitrogens with zero attached hydrogens (tertiary/aromatic N) is 2. The highest BCUT2D eigenvalue weighted by Gasteiger charge is 2.06. The number of rotatable bonds is 5. The van der Waals surface area contributed by atoms with E-state index in [2.05, 4.69) is 25.5 Å². The lowest BCUT2D eigenvalue weighted by Crippen LogP contribution is -2.06. The zero-order valence-electron chi connectivity index (χ0n) is 12.3. The molecule has 3 aromatic rings. The summed E-state index contributed by atoms with van der Waals surface area (Å²) < 4.78 is 15.9. The fourth-order valence-electron chi connectivity index (χ4n) is 2.45. The van der Waals surface area contributed by atoms with E-state index in [1.165, 1.54) is 11.6 Å². The van der Waals surface area contributed by atoms with Crippen molar-refractivity contribution in [1.29, 1.82) is 0 Å². The summed E-state index contributed by atoms with van der Waals surface area (Å²) in [5, 5.41) is 0.747. The average Bonchev–Trinajstić information content (AvgIpc) is 2.98. The van der Waals surface area contributed by atoms with E-state index in [9.17, 15) is 4.39 Å². The Morgan fingerprint density at radius 3 is 2.52 bits per heavy atom. The summed E-state index contributed by atoms with van der Waals surface area (Å²) in [5.74, 6) is 0.766. The van der Waals surface area contributed by atoms with Crippen LogP contribution in [-0.2, 0) is 19.4 Å². The third-order valence-corrected chi connectivity index (χ3v) is 4.55. The molecule has 0 aliphatic carbocycles. The minimum absolute atomic E-state index is 0.248. The van der Waals surface area contributed by atoms with E-state index in [1.54, 1.807) is 18.3 Å². The molecule has 0 amide bonds. The van der Waals surface area contributed by atoms with Crippen molar-refractivity contribution in [2.24, 2.45) is 0 Å². The molecule has 1 heterocycles. The van der Waals surface area contributed by atoms with Gasteiger partial charge in [0.25, 0.3) is 0 Å². The molecule has 0 N–H and O–H groups in total. The number of benzene rings is 2. The Hall–Kier alpha value is -1.65. The molecule has 0 unspecified atom stereocenters. The first-order chi connectivity index (χ1) is 11.1. The normalized spacial score (nSPS) is 10.9. The minimum atomic E-state index is -0.248. The topological polar surface area (TPSA) is 17.8 Å². The van der Waals surface area contributed by atoms with Crippen LogP contribution in [0, 0.1) is 5.82 Å². The van der Waals surface area contributed by atoms with Crippen LogP contribution in [0.2, 0.25) is 5.02 Å². The molecule has 0 atom stereocenters. The fourth-order valence-corrected chi connectivity index (χ4v) is 3.01. The molecule has 0 bridgehead atoms. The molecule has 1 aromatic heterocycles. The molecule has 0 radical (unpaired) electrons. The summed E-state index contributed by atoms with van der Waals surface area (Å²) in [6.07, 6.45) is 5.50. The maximum absolute atomic E-state index is 13.3. The third kappa shape index (κ3) is 4.21. The summed E-state index contributed by atoms with van der Waals surface area (Å²) in [4.78, 5) is 4.44. The second-order valence-corrected chi connectivity index (χ2v) is 6.64. The maximum atomic E-state index is 13.3. The monoisotopic (exact) mass is 392 g/mol. The Morgan fingerprint density at radius 1 is 1.04 bits per heavy atom. The van der Waals surface area contributed by atoms with Gasteiger partial charge in [-0.3, -0.25) is 0 Å². The van der Waals surface area contributed by atoms with Gasteiger partial charge < -0.3 is 4.57 Å². The van der Waals surface area contributed by atoms with E-state index < -0.39 is 0 Å². The van der Waals surface area contributed by atoms with Crippen molar-refractivity contribution >= 4 is 27.5 Å². The summed E-state index contributed by atoms with van der Waals surface area (Å²) in [6, 6.07) is 12.9. The highest BCUT2D eigenvalue weighted by molar-refractivity contribution is 9.10. The van der Waals surface area contributed by atoms with Crippen LogP contribution < -0.4 is 0 Å². The quantitative estimate of drug-likeness (QED) is 0.577. The number of hydrogen-bond donors (Lipinski definition) is 0. The van der Waals surface area contributed by atoms with Gasteiger partial charge in [0, 0.05) is 30.4 Å². The van der Waals surface area contributed by atoms with E-state index in [4.69, 9.17) is 11.6 Å². The number of hydrogen-bond acceptors (Lipinski definition) is 1. The molecule has 23 heavy (non-hydrogen) atoms.